The van der Waals surface area contributed by atoms with E-state index in [1.54, 1.807) is 18.2 Å². The molecule has 0 N–H and O–H groups in total. The fourth-order valence-electron chi connectivity index (χ4n) is 1.55. The van der Waals surface area contributed by atoms with Gasteiger partial charge in [-0.3, -0.25) is 4.79 Å². The number of carbonyl (C=O) groups excluding carboxylic acids is 1. The van der Waals surface area contributed by atoms with Gasteiger partial charge in [-0.2, -0.15) is 4.98 Å². The number of methoxy groups -OCH3 is 2. The van der Waals surface area contributed by atoms with Crippen molar-refractivity contribution in [3.05, 3.63) is 45.1 Å². The highest BCUT2D eigenvalue weighted by Gasteiger charge is 2.20. The SMILES string of the molecule is COc1cnc(C(=O)c2ccc(Cl)cc2Br)c(OC)n1. The highest BCUT2D eigenvalue weighted by atomic mass is 79.9. The summed E-state index contributed by atoms with van der Waals surface area (Å²) >= 11 is 9.16. The van der Waals surface area contributed by atoms with Crippen molar-refractivity contribution in [2.45, 2.75) is 0 Å². The van der Waals surface area contributed by atoms with Crippen LogP contribution in [-0.2, 0) is 0 Å². The first-order chi connectivity index (χ1) is 9.56. The number of hydrogen-bond donors (Lipinski definition) is 0. The van der Waals surface area contributed by atoms with Crippen LogP contribution < -0.4 is 9.47 Å². The Morgan fingerprint density at radius 3 is 2.65 bits per heavy atom. The van der Waals surface area contributed by atoms with Crippen molar-refractivity contribution in [1.82, 2.24) is 9.97 Å². The highest BCUT2D eigenvalue weighted by Crippen LogP contribution is 2.26. The van der Waals surface area contributed by atoms with Crippen molar-refractivity contribution < 1.29 is 14.3 Å². The molecule has 1 heterocycles. The maximum Gasteiger partial charge on any atom is 0.247 e. The molecule has 0 amide bonds. The van der Waals surface area contributed by atoms with Crippen LogP contribution in [0.3, 0.4) is 0 Å². The molecule has 0 saturated heterocycles. The van der Waals surface area contributed by atoms with Crippen molar-refractivity contribution in [2.24, 2.45) is 0 Å². The van der Waals surface area contributed by atoms with Gasteiger partial charge in [-0.15, -0.1) is 0 Å². The van der Waals surface area contributed by atoms with E-state index in [0.717, 1.165) is 0 Å². The van der Waals surface area contributed by atoms with Crippen molar-refractivity contribution >= 4 is 33.3 Å². The Morgan fingerprint density at radius 2 is 2.05 bits per heavy atom. The van der Waals surface area contributed by atoms with Gasteiger partial charge in [0.1, 0.15) is 0 Å². The lowest BCUT2D eigenvalue weighted by Crippen LogP contribution is -2.09. The van der Waals surface area contributed by atoms with E-state index in [2.05, 4.69) is 25.9 Å². The Hall–Kier alpha value is -1.66. The molecule has 0 fully saturated rings. The molecule has 2 aromatic rings. The standard InChI is InChI=1S/C13H10BrClN2O3/c1-19-10-6-16-11(13(17-10)20-2)12(18)8-4-3-7(15)5-9(8)14/h3-6H,1-2H3. The van der Waals surface area contributed by atoms with Gasteiger partial charge in [0.2, 0.25) is 17.5 Å². The van der Waals surface area contributed by atoms with Crippen molar-refractivity contribution in [1.29, 1.82) is 0 Å². The summed E-state index contributed by atoms with van der Waals surface area (Å²) in [5, 5.41) is 0.529. The smallest absolute Gasteiger partial charge is 0.247 e. The quantitative estimate of drug-likeness (QED) is 0.787. The van der Waals surface area contributed by atoms with Crippen LogP contribution in [0.4, 0.5) is 0 Å². The average Bonchev–Trinajstić information content (AvgIpc) is 2.46. The molecule has 2 rings (SSSR count). The summed E-state index contributed by atoms with van der Waals surface area (Å²) in [5.74, 6) is 0.0605. The Balaban J connectivity index is 2.47. The Bertz CT molecular complexity index is 664. The Kier molecular flexibility index (Phi) is 4.57. The van der Waals surface area contributed by atoms with Crippen LogP contribution in [0.5, 0.6) is 11.8 Å². The monoisotopic (exact) mass is 356 g/mol. The number of benzene rings is 1. The van der Waals surface area contributed by atoms with Crippen LogP contribution >= 0.6 is 27.5 Å². The molecule has 0 saturated carbocycles. The first kappa shape index (κ1) is 14.7. The number of halogens is 2. The second-order valence-electron chi connectivity index (χ2n) is 3.72. The second-order valence-corrected chi connectivity index (χ2v) is 5.01. The van der Waals surface area contributed by atoms with Gasteiger partial charge in [0.25, 0.3) is 0 Å². The molecule has 0 aliphatic carbocycles. The number of nitrogens with zero attached hydrogens (tertiary/aromatic N) is 2. The Labute approximate surface area is 129 Å². The van der Waals surface area contributed by atoms with Crippen molar-refractivity contribution in [3.63, 3.8) is 0 Å². The first-order valence-electron chi connectivity index (χ1n) is 5.51. The number of ether oxygens (including phenoxy) is 2. The number of carbonyl (C=O) groups is 1. The summed E-state index contributed by atoms with van der Waals surface area (Å²) < 4.78 is 10.6. The van der Waals surface area contributed by atoms with E-state index < -0.39 is 0 Å². The summed E-state index contributed by atoms with van der Waals surface area (Å²) in [6, 6.07) is 4.88. The van der Waals surface area contributed by atoms with Crippen LogP contribution in [0.25, 0.3) is 0 Å². The number of hydrogen-bond acceptors (Lipinski definition) is 5. The summed E-state index contributed by atoms with van der Waals surface area (Å²) in [7, 11) is 2.87. The number of ketones is 1. The molecule has 0 aliphatic rings. The summed E-state index contributed by atoms with van der Waals surface area (Å²) in [6.07, 6.45) is 1.36. The average molecular weight is 358 g/mol. The van der Waals surface area contributed by atoms with Gasteiger partial charge < -0.3 is 9.47 Å². The van der Waals surface area contributed by atoms with Gasteiger partial charge in [-0.05, 0) is 34.1 Å². The topological polar surface area (TPSA) is 61.3 Å². The highest BCUT2D eigenvalue weighted by molar-refractivity contribution is 9.10. The molecular formula is C13H10BrClN2O3. The zero-order chi connectivity index (χ0) is 14.7. The molecule has 0 unspecified atom stereocenters. The van der Waals surface area contributed by atoms with E-state index in [0.29, 0.717) is 15.1 Å². The minimum absolute atomic E-state index is 0.108. The van der Waals surface area contributed by atoms with Gasteiger partial charge in [-0.25, -0.2) is 4.98 Å². The van der Waals surface area contributed by atoms with Crippen LogP contribution in [0.2, 0.25) is 5.02 Å². The lowest BCUT2D eigenvalue weighted by Gasteiger charge is -2.08. The van der Waals surface area contributed by atoms with E-state index in [1.807, 2.05) is 0 Å². The van der Waals surface area contributed by atoms with Gasteiger partial charge in [-0.1, -0.05) is 11.6 Å². The third kappa shape index (κ3) is 2.91. The summed E-state index contributed by atoms with van der Waals surface area (Å²) in [5.41, 5.74) is 0.531. The third-order valence-corrected chi connectivity index (χ3v) is 3.40. The van der Waals surface area contributed by atoms with Gasteiger partial charge in [0, 0.05) is 15.1 Å². The minimum Gasteiger partial charge on any atom is -0.480 e. The zero-order valence-electron chi connectivity index (χ0n) is 10.7. The molecule has 5 nitrogen and oxygen atoms in total. The molecule has 0 bridgehead atoms. The van der Waals surface area contributed by atoms with Crippen LogP contribution in [-0.4, -0.2) is 30.0 Å². The van der Waals surface area contributed by atoms with E-state index in [9.17, 15) is 4.79 Å². The van der Waals surface area contributed by atoms with E-state index >= 15 is 0 Å². The molecule has 104 valence electrons. The van der Waals surface area contributed by atoms with E-state index in [-0.39, 0.29) is 23.2 Å². The molecule has 0 atom stereocenters. The summed E-state index contributed by atoms with van der Waals surface area (Å²) in [6.45, 7) is 0. The van der Waals surface area contributed by atoms with E-state index in [4.69, 9.17) is 21.1 Å². The largest absolute Gasteiger partial charge is 0.480 e. The molecule has 0 spiro atoms. The predicted octanol–water partition coefficient (Wildman–Crippen LogP) is 3.14. The molecule has 1 aromatic heterocycles. The van der Waals surface area contributed by atoms with Crippen molar-refractivity contribution in [2.75, 3.05) is 14.2 Å². The number of rotatable bonds is 4. The molecule has 1 aromatic carbocycles. The molecule has 20 heavy (non-hydrogen) atoms. The van der Waals surface area contributed by atoms with Crippen LogP contribution in [0.15, 0.2) is 28.9 Å². The molecule has 7 heteroatoms. The normalized spacial score (nSPS) is 10.2. The minimum atomic E-state index is -0.319. The zero-order valence-corrected chi connectivity index (χ0v) is 13.0. The van der Waals surface area contributed by atoms with Crippen LogP contribution in [0.1, 0.15) is 16.1 Å². The molecular weight excluding hydrogens is 348 g/mol. The van der Waals surface area contributed by atoms with E-state index in [1.165, 1.54) is 20.4 Å². The second kappa shape index (κ2) is 6.19. The lowest BCUT2D eigenvalue weighted by atomic mass is 10.1. The molecule has 0 aliphatic heterocycles. The third-order valence-electron chi connectivity index (χ3n) is 2.51. The number of aromatic nitrogens is 2. The maximum absolute atomic E-state index is 12.5. The van der Waals surface area contributed by atoms with Crippen molar-refractivity contribution in [3.8, 4) is 11.8 Å². The maximum atomic E-state index is 12.5. The van der Waals surface area contributed by atoms with Gasteiger partial charge in [0.15, 0.2) is 5.69 Å². The lowest BCUT2D eigenvalue weighted by molar-refractivity contribution is 0.102. The fraction of sp³-hybridized carbons (Fsp3) is 0.154. The van der Waals surface area contributed by atoms with Gasteiger partial charge in [0.05, 0.1) is 20.4 Å². The first-order valence-corrected chi connectivity index (χ1v) is 6.68. The Morgan fingerprint density at radius 1 is 1.30 bits per heavy atom. The molecule has 0 radical (unpaired) electrons. The predicted molar refractivity (Wildman–Crippen MR) is 77.7 cm³/mol. The van der Waals surface area contributed by atoms with Gasteiger partial charge >= 0.3 is 0 Å². The van der Waals surface area contributed by atoms with Crippen LogP contribution in [0, 0.1) is 0 Å². The fourth-order valence-corrected chi connectivity index (χ4v) is 2.42. The summed E-state index contributed by atoms with van der Waals surface area (Å²) in [4.78, 5) is 20.5.